The monoisotopic (exact) mass is 226 g/mol. The van der Waals surface area contributed by atoms with Gasteiger partial charge in [-0.25, -0.2) is 4.98 Å². The summed E-state index contributed by atoms with van der Waals surface area (Å²) in [6.07, 6.45) is 5.37. The highest BCUT2D eigenvalue weighted by Gasteiger charge is 2.29. The third kappa shape index (κ3) is 2.72. The normalized spacial score (nSPS) is 31.7. The Kier molecular flexibility index (Phi) is 3.64. The molecule has 84 valence electrons. The molecule has 1 saturated carbocycles. The van der Waals surface area contributed by atoms with E-state index in [1.165, 1.54) is 19.3 Å². The average Bonchev–Trinajstić information content (AvgIpc) is 2.71. The minimum absolute atomic E-state index is 0.603. The average molecular weight is 226 g/mol. The highest BCUT2D eigenvalue weighted by Crippen LogP contribution is 2.37. The number of nitrogens with one attached hydrogen (secondary N) is 1. The summed E-state index contributed by atoms with van der Waals surface area (Å²) in [6.45, 7) is 3.11. The van der Waals surface area contributed by atoms with Crippen molar-refractivity contribution in [3.63, 3.8) is 0 Å². The first-order valence-electron chi connectivity index (χ1n) is 5.51. The van der Waals surface area contributed by atoms with Gasteiger partial charge in [0, 0.05) is 5.25 Å². The lowest BCUT2D eigenvalue weighted by Crippen LogP contribution is -2.31. The SMILES string of the molecule is CC1CCC(CN)C(Sc2ncn[nH]2)C1. The van der Waals surface area contributed by atoms with Crippen molar-refractivity contribution in [2.45, 2.75) is 36.6 Å². The summed E-state index contributed by atoms with van der Waals surface area (Å²) in [5, 5.41) is 8.30. The summed E-state index contributed by atoms with van der Waals surface area (Å²) >= 11 is 1.80. The van der Waals surface area contributed by atoms with Crippen LogP contribution in [0.15, 0.2) is 11.5 Å². The lowest BCUT2D eigenvalue weighted by molar-refractivity contribution is 0.306. The molecule has 1 aliphatic carbocycles. The third-order valence-electron chi connectivity index (χ3n) is 3.15. The molecule has 0 aromatic carbocycles. The predicted octanol–water partition coefficient (Wildman–Crippen LogP) is 1.66. The van der Waals surface area contributed by atoms with Gasteiger partial charge in [-0.3, -0.25) is 5.10 Å². The summed E-state index contributed by atoms with van der Waals surface area (Å²) in [5.41, 5.74) is 5.81. The molecule has 15 heavy (non-hydrogen) atoms. The molecule has 0 amide bonds. The highest BCUT2D eigenvalue weighted by molar-refractivity contribution is 7.99. The summed E-state index contributed by atoms with van der Waals surface area (Å²) in [6, 6.07) is 0. The van der Waals surface area contributed by atoms with Gasteiger partial charge in [-0.2, -0.15) is 5.10 Å². The number of aromatic nitrogens is 3. The van der Waals surface area contributed by atoms with E-state index in [-0.39, 0.29) is 0 Å². The van der Waals surface area contributed by atoms with Gasteiger partial charge in [0.2, 0.25) is 0 Å². The zero-order chi connectivity index (χ0) is 10.7. The Hall–Kier alpha value is -0.550. The molecular formula is C10H18N4S. The lowest BCUT2D eigenvalue weighted by Gasteiger charge is -2.33. The van der Waals surface area contributed by atoms with E-state index in [2.05, 4.69) is 22.1 Å². The molecular weight excluding hydrogens is 208 g/mol. The second-order valence-corrected chi connectivity index (χ2v) is 5.59. The van der Waals surface area contributed by atoms with Gasteiger partial charge in [-0.05, 0) is 31.2 Å². The highest BCUT2D eigenvalue weighted by atomic mass is 32.2. The fraction of sp³-hybridized carbons (Fsp3) is 0.800. The molecule has 2 rings (SSSR count). The van der Waals surface area contributed by atoms with E-state index in [1.807, 2.05) is 0 Å². The van der Waals surface area contributed by atoms with Crippen molar-refractivity contribution < 1.29 is 0 Å². The first-order chi connectivity index (χ1) is 7.29. The molecule has 0 aliphatic heterocycles. The van der Waals surface area contributed by atoms with Gasteiger partial charge in [0.25, 0.3) is 0 Å². The van der Waals surface area contributed by atoms with Crippen LogP contribution in [0.4, 0.5) is 0 Å². The minimum Gasteiger partial charge on any atom is -0.330 e. The van der Waals surface area contributed by atoms with Crippen LogP contribution in [-0.4, -0.2) is 27.0 Å². The number of hydrogen-bond acceptors (Lipinski definition) is 4. The van der Waals surface area contributed by atoms with Gasteiger partial charge >= 0.3 is 0 Å². The predicted molar refractivity (Wildman–Crippen MR) is 61.6 cm³/mol. The number of aromatic amines is 1. The molecule has 1 fully saturated rings. The van der Waals surface area contributed by atoms with Gasteiger partial charge in [0.15, 0.2) is 5.16 Å². The van der Waals surface area contributed by atoms with Crippen molar-refractivity contribution in [3.8, 4) is 0 Å². The molecule has 3 atom stereocenters. The third-order valence-corrected chi connectivity index (χ3v) is 4.45. The van der Waals surface area contributed by atoms with Crippen LogP contribution in [0.1, 0.15) is 26.2 Å². The molecule has 1 heterocycles. The molecule has 1 aromatic heterocycles. The summed E-state index contributed by atoms with van der Waals surface area (Å²) in [7, 11) is 0. The Bertz CT molecular complexity index is 288. The zero-order valence-electron chi connectivity index (χ0n) is 9.02. The number of nitrogens with zero attached hydrogens (tertiary/aromatic N) is 2. The van der Waals surface area contributed by atoms with Crippen molar-refractivity contribution in [1.29, 1.82) is 0 Å². The number of rotatable bonds is 3. The van der Waals surface area contributed by atoms with Gasteiger partial charge in [0.1, 0.15) is 6.33 Å². The molecule has 3 unspecified atom stereocenters. The van der Waals surface area contributed by atoms with E-state index in [0.717, 1.165) is 17.6 Å². The van der Waals surface area contributed by atoms with Crippen molar-refractivity contribution in [3.05, 3.63) is 6.33 Å². The molecule has 1 aliphatic rings. The van der Waals surface area contributed by atoms with Crippen molar-refractivity contribution in [2.75, 3.05) is 6.54 Å². The van der Waals surface area contributed by atoms with E-state index >= 15 is 0 Å². The minimum atomic E-state index is 0.603. The molecule has 0 spiro atoms. The first-order valence-corrected chi connectivity index (χ1v) is 6.39. The largest absolute Gasteiger partial charge is 0.330 e. The molecule has 0 bridgehead atoms. The van der Waals surface area contributed by atoms with E-state index in [9.17, 15) is 0 Å². The van der Waals surface area contributed by atoms with Crippen molar-refractivity contribution in [2.24, 2.45) is 17.6 Å². The Morgan fingerprint density at radius 1 is 1.60 bits per heavy atom. The van der Waals surface area contributed by atoms with Crippen molar-refractivity contribution in [1.82, 2.24) is 15.2 Å². The second kappa shape index (κ2) is 4.99. The Morgan fingerprint density at radius 2 is 2.47 bits per heavy atom. The van der Waals surface area contributed by atoms with E-state index < -0.39 is 0 Å². The van der Waals surface area contributed by atoms with E-state index in [0.29, 0.717) is 11.2 Å². The number of thioether (sulfide) groups is 1. The maximum absolute atomic E-state index is 5.81. The topological polar surface area (TPSA) is 67.6 Å². The number of hydrogen-bond donors (Lipinski definition) is 2. The van der Waals surface area contributed by atoms with Crippen LogP contribution in [0.2, 0.25) is 0 Å². The fourth-order valence-corrected chi connectivity index (χ4v) is 3.56. The summed E-state index contributed by atoms with van der Waals surface area (Å²) < 4.78 is 0. The molecule has 0 radical (unpaired) electrons. The number of H-pyrrole nitrogens is 1. The smallest absolute Gasteiger partial charge is 0.183 e. The molecule has 1 aromatic rings. The van der Waals surface area contributed by atoms with Gasteiger partial charge in [-0.15, -0.1) is 0 Å². The van der Waals surface area contributed by atoms with Crippen LogP contribution >= 0.6 is 11.8 Å². The van der Waals surface area contributed by atoms with Crippen LogP contribution in [0.25, 0.3) is 0 Å². The summed E-state index contributed by atoms with van der Waals surface area (Å²) in [4.78, 5) is 4.16. The van der Waals surface area contributed by atoms with Gasteiger partial charge in [0.05, 0.1) is 0 Å². The van der Waals surface area contributed by atoms with Gasteiger partial charge in [-0.1, -0.05) is 25.1 Å². The van der Waals surface area contributed by atoms with Crippen molar-refractivity contribution >= 4 is 11.8 Å². The maximum atomic E-state index is 5.81. The number of nitrogens with two attached hydrogens (primary N) is 1. The van der Waals surface area contributed by atoms with E-state index in [4.69, 9.17) is 5.73 Å². The Labute approximate surface area is 94.4 Å². The van der Waals surface area contributed by atoms with Crippen LogP contribution in [0.5, 0.6) is 0 Å². The fourth-order valence-electron chi connectivity index (χ4n) is 2.20. The Morgan fingerprint density at radius 3 is 3.13 bits per heavy atom. The molecule has 5 heteroatoms. The lowest BCUT2D eigenvalue weighted by atomic mass is 9.82. The second-order valence-electron chi connectivity index (χ2n) is 4.36. The first kappa shape index (κ1) is 11.0. The van der Waals surface area contributed by atoms with Crippen LogP contribution in [0.3, 0.4) is 0 Å². The van der Waals surface area contributed by atoms with Crippen LogP contribution in [-0.2, 0) is 0 Å². The maximum Gasteiger partial charge on any atom is 0.183 e. The molecule has 3 N–H and O–H groups in total. The standard InChI is InChI=1S/C10H18N4S/c1-7-2-3-8(5-11)9(4-7)15-10-12-6-13-14-10/h6-9H,2-5,11H2,1H3,(H,12,13,14). The molecule has 0 saturated heterocycles. The quantitative estimate of drug-likeness (QED) is 0.822. The van der Waals surface area contributed by atoms with Crippen LogP contribution < -0.4 is 5.73 Å². The Balaban J connectivity index is 1.98. The summed E-state index contributed by atoms with van der Waals surface area (Å²) in [5.74, 6) is 1.45. The zero-order valence-corrected chi connectivity index (χ0v) is 9.83. The van der Waals surface area contributed by atoms with E-state index in [1.54, 1.807) is 18.1 Å². The van der Waals surface area contributed by atoms with Crippen LogP contribution in [0, 0.1) is 11.8 Å². The van der Waals surface area contributed by atoms with Gasteiger partial charge < -0.3 is 5.73 Å². The molecule has 4 nitrogen and oxygen atoms in total.